The van der Waals surface area contributed by atoms with E-state index in [0.717, 1.165) is 36.4 Å². The zero-order valence-electron chi connectivity index (χ0n) is 14.9. The maximum absolute atomic E-state index is 14.2. The number of aryl methyl sites for hydroxylation is 2. The SMILES string of the molecule is Cc1nc2cc(C(c3ccc4oc(C)nc4c3)(C(F)(F)F)C(F)(F)F)ccc2o1. The van der Waals surface area contributed by atoms with Crippen molar-refractivity contribution < 1.29 is 35.2 Å². The highest BCUT2D eigenvalue weighted by Crippen LogP contribution is 2.56. The minimum absolute atomic E-state index is 0.0899. The normalized spacial score (nSPS) is 13.5. The van der Waals surface area contributed by atoms with Crippen molar-refractivity contribution in [3.63, 3.8) is 0 Å². The average molecular weight is 414 g/mol. The van der Waals surface area contributed by atoms with Gasteiger partial charge in [-0.3, -0.25) is 0 Å². The molecule has 0 spiro atoms. The van der Waals surface area contributed by atoms with Crippen LogP contribution in [0.5, 0.6) is 0 Å². The van der Waals surface area contributed by atoms with Crippen LogP contribution in [-0.2, 0) is 5.41 Å². The Morgan fingerprint density at radius 2 is 1.03 bits per heavy atom. The number of rotatable bonds is 2. The molecule has 10 heteroatoms. The summed E-state index contributed by atoms with van der Waals surface area (Å²) in [5.41, 5.74) is -6.34. The van der Waals surface area contributed by atoms with Crippen LogP contribution in [0.25, 0.3) is 22.2 Å². The predicted molar refractivity (Wildman–Crippen MR) is 90.4 cm³/mol. The van der Waals surface area contributed by atoms with Gasteiger partial charge < -0.3 is 8.83 Å². The second-order valence-corrected chi connectivity index (χ2v) is 6.58. The van der Waals surface area contributed by atoms with Crippen molar-refractivity contribution in [2.24, 2.45) is 0 Å². The number of benzene rings is 2. The largest absolute Gasteiger partial charge is 0.441 e. The molecule has 0 saturated carbocycles. The van der Waals surface area contributed by atoms with Gasteiger partial charge in [-0.25, -0.2) is 9.97 Å². The quantitative estimate of drug-likeness (QED) is 0.378. The first-order valence-electron chi connectivity index (χ1n) is 8.32. The van der Waals surface area contributed by atoms with Gasteiger partial charge in [0.25, 0.3) is 0 Å². The summed E-state index contributed by atoms with van der Waals surface area (Å²) in [7, 11) is 0. The van der Waals surface area contributed by atoms with Gasteiger partial charge in [0.2, 0.25) is 5.41 Å². The summed E-state index contributed by atoms with van der Waals surface area (Å²) in [6.07, 6.45) is -11.4. The van der Waals surface area contributed by atoms with Gasteiger partial charge in [0.05, 0.1) is 0 Å². The smallest absolute Gasteiger partial charge is 0.411 e. The number of hydrogen-bond acceptors (Lipinski definition) is 4. The predicted octanol–water partition coefficient (Wildman–Crippen LogP) is 6.00. The third kappa shape index (κ3) is 2.77. The fraction of sp³-hybridized carbons (Fsp3) is 0.263. The van der Waals surface area contributed by atoms with E-state index in [0.29, 0.717) is 0 Å². The third-order valence-corrected chi connectivity index (χ3v) is 4.71. The van der Waals surface area contributed by atoms with E-state index in [9.17, 15) is 26.3 Å². The van der Waals surface area contributed by atoms with E-state index in [-0.39, 0.29) is 34.0 Å². The highest BCUT2D eigenvalue weighted by atomic mass is 19.4. The number of alkyl halides is 6. The maximum atomic E-state index is 14.2. The van der Waals surface area contributed by atoms with Crippen molar-refractivity contribution in [2.45, 2.75) is 31.6 Å². The molecule has 4 nitrogen and oxygen atoms in total. The molecule has 2 aromatic carbocycles. The zero-order valence-corrected chi connectivity index (χ0v) is 14.9. The molecule has 4 aromatic rings. The molecule has 0 aliphatic rings. The summed E-state index contributed by atoms with van der Waals surface area (Å²) in [5, 5.41) is 0. The van der Waals surface area contributed by atoms with E-state index in [1.165, 1.54) is 13.8 Å². The van der Waals surface area contributed by atoms with Crippen molar-refractivity contribution in [3.05, 3.63) is 59.3 Å². The Labute approximate surface area is 159 Å². The lowest BCUT2D eigenvalue weighted by molar-refractivity contribution is -0.288. The summed E-state index contributed by atoms with van der Waals surface area (Å²) in [6, 6.07) is 5.12. The van der Waals surface area contributed by atoms with Crippen molar-refractivity contribution in [3.8, 4) is 0 Å². The van der Waals surface area contributed by atoms with Gasteiger partial charge in [-0.2, -0.15) is 26.3 Å². The molecule has 2 aromatic heterocycles. The number of halogens is 6. The first-order valence-corrected chi connectivity index (χ1v) is 8.32. The van der Waals surface area contributed by atoms with Crippen LogP contribution in [0.15, 0.2) is 45.2 Å². The standard InChI is InChI=1S/C19H12F6N2O2/c1-9-26-13-7-11(3-5-15(13)28-9)17(18(20,21)22,19(23,24)25)12-4-6-16-14(8-12)27-10(2)29-16/h3-8H,1-2H3. The maximum Gasteiger partial charge on any atom is 0.411 e. The van der Waals surface area contributed by atoms with E-state index >= 15 is 0 Å². The van der Waals surface area contributed by atoms with Crippen LogP contribution in [0.1, 0.15) is 22.9 Å². The summed E-state index contributed by atoms with van der Waals surface area (Å²) in [6.45, 7) is 2.89. The van der Waals surface area contributed by atoms with E-state index < -0.39 is 28.9 Å². The van der Waals surface area contributed by atoms with E-state index in [1.54, 1.807) is 0 Å². The van der Waals surface area contributed by atoms with Crippen LogP contribution < -0.4 is 0 Å². The highest BCUT2D eigenvalue weighted by Gasteiger charge is 2.72. The van der Waals surface area contributed by atoms with Crippen molar-refractivity contribution in [2.75, 3.05) is 0 Å². The summed E-state index contributed by atoms with van der Waals surface area (Å²) >= 11 is 0. The molecule has 0 amide bonds. The van der Waals surface area contributed by atoms with Crippen molar-refractivity contribution in [1.29, 1.82) is 0 Å². The molecule has 29 heavy (non-hydrogen) atoms. The Hall–Kier alpha value is -3.04. The Morgan fingerprint density at radius 1 is 0.655 bits per heavy atom. The van der Waals surface area contributed by atoms with E-state index in [1.807, 2.05) is 0 Å². The summed E-state index contributed by atoms with van der Waals surface area (Å²) in [5.74, 6) is 0.252. The molecule has 0 bridgehead atoms. The van der Waals surface area contributed by atoms with Gasteiger partial charge in [-0.05, 0) is 35.4 Å². The number of oxazole rings is 2. The van der Waals surface area contributed by atoms with Gasteiger partial charge in [0.15, 0.2) is 22.9 Å². The molecule has 0 fully saturated rings. The number of nitrogens with zero attached hydrogens (tertiary/aromatic N) is 2. The van der Waals surface area contributed by atoms with Gasteiger partial charge in [0, 0.05) is 13.8 Å². The van der Waals surface area contributed by atoms with Crippen LogP contribution >= 0.6 is 0 Å². The highest BCUT2D eigenvalue weighted by molar-refractivity contribution is 5.77. The molecule has 0 radical (unpaired) electrons. The topological polar surface area (TPSA) is 52.1 Å². The van der Waals surface area contributed by atoms with Gasteiger partial charge >= 0.3 is 12.4 Å². The number of fused-ring (bicyclic) bond motifs is 2. The molecule has 0 saturated heterocycles. The molecule has 2 heterocycles. The lowest BCUT2D eigenvalue weighted by Gasteiger charge is -2.38. The van der Waals surface area contributed by atoms with Crippen LogP contribution in [0, 0.1) is 13.8 Å². The van der Waals surface area contributed by atoms with Crippen molar-refractivity contribution >= 4 is 22.2 Å². The second kappa shape index (κ2) is 5.98. The lowest BCUT2D eigenvalue weighted by Crippen LogP contribution is -2.54. The van der Waals surface area contributed by atoms with Crippen molar-refractivity contribution in [1.82, 2.24) is 9.97 Å². The summed E-state index contributed by atoms with van der Waals surface area (Å²) < 4.78 is 95.8. The van der Waals surface area contributed by atoms with Crippen LogP contribution in [-0.4, -0.2) is 22.3 Å². The molecule has 152 valence electrons. The summed E-state index contributed by atoms with van der Waals surface area (Å²) in [4.78, 5) is 7.74. The number of aromatic nitrogens is 2. The Kier molecular flexibility index (Phi) is 3.97. The van der Waals surface area contributed by atoms with Crippen LogP contribution in [0.4, 0.5) is 26.3 Å². The van der Waals surface area contributed by atoms with Crippen LogP contribution in [0.3, 0.4) is 0 Å². The monoisotopic (exact) mass is 414 g/mol. The molecule has 0 N–H and O–H groups in total. The Bertz CT molecular complexity index is 1120. The molecule has 0 unspecified atom stereocenters. The third-order valence-electron chi connectivity index (χ3n) is 4.71. The lowest BCUT2D eigenvalue weighted by atomic mass is 9.72. The molecule has 0 aliphatic carbocycles. The first kappa shape index (κ1) is 19.3. The Morgan fingerprint density at radius 3 is 1.38 bits per heavy atom. The fourth-order valence-electron chi connectivity index (χ4n) is 3.53. The Balaban J connectivity index is 2.09. The van der Waals surface area contributed by atoms with Gasteiger partial charge in [0.1, 0.15) is 11.0 Å². The molecule has 0 atom stereocenters. The average Bonchev–Trinajstić information content (AvgIpc) is 3.12. The van der Waals surface area contributed by atoms with Gasteiger partial charge in [-0.15, -0.1) is 0 Å². The minimum Gasteiger partial charge on any atom is -0.441 e. The molecule has 4 rings (SSSR count). The van der Waals surface area contributed by atoms with E-state index in [4.69, 9.17) is 8.83 Å². The second-order valence-electron chi connectivity index (χ2n) is 6.58. The van der Waals surface area contributed by atoms with Crippen LogP contribution in [0.2, 0.25) is 0 Å². The molecular formula is C19H12F6N2O2. The molecule has 0 aliphatic heterocycles. The molecular weight excluding hydrogens is 402 g/mol. The number of hydrogen-bond donors (Lipinski definition) is 0. The van der Waals surface area contributed by atoms with E-state index in [2.05, 4.69) is 9.97 Å². The minimum atomic E-state index is -5.70. The fourth-order valence-corrected chi connectivity index (χ4v) is 3.53. The zero-order chi connectivity index (χ0) is 21.2. The van der Waals surface area contributed by atoms with Gasteiger partial charge in [-0.1, -0.05) is 12.1 Å². The first-order chi connectivity index (χ1) is 13.4.